The number of amides is 2. The highest BCUT2D eigenvalue weighted by molar-refractivity contribution is 5.96. The maximum atomic E-state index is 11.9. The highest BCUT2D eigenvalue weighted by Gasteiger charge is 2.14. The molecule has 0 aliphatic carbocycles. The molecule has 86 valence electrons. The Balaban J connectivity index is 2.72. The Hall–Kier alpha value is -1.98. The normalized spacial score (nSPS) is 10.0. The van der Waals surface area contributed by atoms with Gasteiger partial charge in [0.2, 0.25) is 0 Å². The summed E-state index contributed by atoms with van der Waals surface area (Å²) >= 11 is 0. The van der Waals surface area contributed by atoms with Crippen molar-refractivity contribution >= 4 is 17.5 Å². The molecule has 4 nitrogen and oxygen atoms in total. The van der Waals surface area contributed by atoms with Crippen molar-refractivity contribution in [1.29, 1.82) is 0 Å². The summed E-state index contributed by atoms with van der Waals surface area (Å²) in [5.41, 5.74) is 0.607. The van der Waals surface area contributed by atoms with Crippen LogP contribution in [0, 0.1) is 0 Å². The minimum atomic E-state index is -3.06. The van der Waals surface area contributed by atoms with Gasteiger partial charge in [0.25, 0.3) is 11.8 Å². The fourth-order valence-corrected chi connectivity index (χ4v) is 1.05. The third-order valence-corrected chi connectivity index (χ3v) is 1.84. The molecule has 0 heterocycles. The monoisotopic (exact) mass is 228 g/mol. The second kappa shape index (κ2) is 5.20. The predicted octanol–water partition coefficient (Wildman–Crippen LogP) is 1.25. The van der Waals surface area contributed by atoms with Crippen LogP contribution in [0.5, 0.6) is 0 Å². The lowest BCUT2D eigenvalue weighted by molar-refractivity contribution is -0.126. The fourth-order valence-electron chi connectivity index (χ4n) is 1.05. The van der Waals surface area contributed by atoms with Gasteiger partial charge in [-0.1, -0.05) is 0 Å². The summed E-state index contributed by atoms with van der Waals surface area (Å²) in [5.74, 6) is -1.65. The minimum absolute atomic E-state index is 0.220. The summed E-state index contributed by atoms with van der Waals surface area (Å²) in [7, 11) is 1.48. The molecule has 1 rings (SSSR count). The lowest BCUT2D eigenvalue weighted by Gasteiger charge is -2.05. The number of carbonyl (C=O) groups is 2. The van der Waals surface area contributed by atoms with E-state index in [1.807, 2.05) is 5.32 Å². The van der Waals surface area contributed by atoms with Crippen LogP contribution in [-0.2, 0) is 4.79 Å². The van der Waals surface area contributed by atoms with Crippen molar-refractivity contribution in [2.24, 2.45) is 0 Å². The number of alkyl halides is 2. The van der Waals surface area contributed by atoms with Gasteiger partial charge >= 0.3 is 6.43 Å². The maximum absolute atomic E-state index is 11.9. The highest BCUT2D eigenvalue weighted by Crippen LogP contribution is 2.10. The fraction of sp³-hybridized carbons (Fsp3) is 0.200. The summed E-state index contributed by atoms with van der Waals surface area (Å²) in [5, 5.41) is 4.42. The zero-order chi connectivity index (χ0) is 12.1. The summed E-state index contributed by atoms with van der Waals surface area (Å²) in [6, 6.07) is 5.62. The Morgan fingerprint density at radius 3 is 2.19 bits per heavy atom. The summed E-state index contributed by atoms with van der Waals surface area (Å²) < 4.78 is 23.8. The van der Waals surface area contributed by atoms with Crippen LogP contribution in [0.3, 0.4) is 0 Å². The number of anilines is 1. The zero-order valence-corrected chi connectivity index (χ0v) is 8.46. The van der Waals surface area contributed by atoms with Crippen LogP contribution in [0.25, 0.3) is 0 Å². The van der Waals surface area contributed by atoms with Crippen molar-refractivity contribution in [2.75, 3.05) is 12.4 Å². The first-order valence-electron chi connectivity index (χ1n) is 4.45. The Morgan fingerprint density at radius 1 is 1.19 bits per heavy atom. The molecule has 1 aromatic rings. The number of rotatable bonds is 3. The molecule has 0 aliphatic rings. The molecular formula is C10H10F2N2O2. The Kier molecular flexibility index (Phi) is 3.93. The number of carbonyl (C=O) groups excluding carboxylic acids is 2. The molecule has 0 aromatic heterocycles. The number of nitrogens with one attached hydrogen (secondary N) is 2. The number of halogens is 2. The SMILES string of the molecule is CNC(=O)c1ccc(NC(=O)C(F)F)cc1. The van der Waals surface area contributed by atoms with E-state index in [4.69, 9.17) is 0 Å². The van der Waals surface area contributed by atoms with Crippen molar-refractivity contribution in [3.05, 3.63) is 29.8 Å². The summed E-state index contributed by atoms with van der Waals surface area (Å²) in [4.78, 5) is 21.8. The van der Waals surface area contributed by atoms with Gasteiger partial charge in [0.1, 0.15) is 0 Å². The van der Waals surface area contributed by atoms with Gasteiger partial charge in [0, 0.05) is 18.3 Å². The molecule has 1 aromatic carbocycles. The van der Waals surface area contributed by atoms with Crippen LogP contribution in [0.2, 0.25) is 0 Å². The molecular weight excluding hydrogens is 218 g/mol. The van der Waals surface area contributed by atoms with E-state index < -0.39 is 12.3 Å². The van der Waals surface area contributed by atoms with Gasteiger partial charge in [-0.3, -0.25) is 9.59 Å². The summed E-state index contributed by atoms with van der Waals surface area (Å²) in [6.07, 6.45) is -3.06. The van der Waals surface area contributed by atoms with Crippen LogP contribution in [0.15, 0.2) is 24.3 Å². The van der Waals surface area contributed by atoms with Crippen molar-refractivity contribution in [3.63, 3.8) is 0 Å². The second-order valence-corrected chi connectivity index (χ2v) is 2.95. The molecule has 16 heavy (non-hydrogen) atoms. The van der Waals surface area contributed by atoms with Crippen molar-refractivity contribution in [2.45, 2.75) is 6.43 Å². The number of hydrogen-bond acceptors (Lipinski definition) is 2. The van der Waals surface area contributed by atoms with Crippen LogP contribution >= 0.6 is 0 Å². The smallest absolute Gasteiger partial charge is 0.315 e. The van der Waals surface area contributed by atoms with Gasteiger partial charge in [-0.2, -0.15) is 8.78 Å². The average molecular weight is 228 g/mol. The Labute approximate surface area is 90.6 Å². The lowest BCUT2D eigenvalue weighted by Crippen LogP contribution is -2.20. The molecule has 2 N–H and O–H groups in total. The second-order valence-electron chi connectivity index (χ2n) is 2.95. The molecule has 2 amide bonds. The van der Waals surface area contributed by atoms with Crippen LogP contribution < -0.4 is 10.6 Å². The molecule has 0 fully saturated rings. The average Bonchev–Trinajstić information content (AvgIpc) is 2.28. The van der Waals surface area contributed by atoms with Crippen molar-refractivity contribution in [3.8, 4) is 0 Å². The van der Waals surface area contributed by atoms with E-state index in [1.165, 1.54) is 31.3 Å². The number of benzene rings is 1. The Morgan fingerprint density at radius 2 is 1.75 bits per heavy atom. The van der Waals surface area contributed by atoms with E-state index in [2.05, 4.69) is 5.32 Å². The molecule has 0 radical (unpaired) electrons. The van der Waals surface area contributed by atoms with E-state index in [0.717, 1.165) is 0 Å². The molecule has 0 saturated carbocycles. The predicted molar refractivity (Wildman–Crippen MR) is 54.5 cm³/mol. The first-order valence-corrected chi connectivity index (χ1v) is 4.45. The van der Waals surface area contributed by atoms with Crippen molar-refractivity contribution < 1.29 is 18.4 Å². The van der Waals surface area contributed by atoms with E-state index in [0.29, 0.717) is 5.56 Å². The van der Waals surface area contributed by atoms with Crippen LogP contribution in [-0.4, -0.2) is 25.3 Å². The van der Waals surface area contributed by atoms with E-state index in [-0.39, 0.29) is 11.6 Å². The van der Waals surface area contributed by atoms with Gasteiger partial charge in [0.15, 0.2) is 0 Å². The topological polar surface area (TPSA) is 58.2 Å². The van der Waals surface area contributed by atoms with E-state index in [9.17, 15) is 18.4 Å². The number of hydrogen-bond donors (Lipinski definition) is 2. The summed E-state index contributed by atoms with van der Waals surface area (Å²) in [6.45, 7) is 0. The molecule has 6 heteroatoms. The van der Waals surface area contributed by atoms with Gasteiger partial charge in [-0.25, -0.2) is 0 Å². The highest BCUT2D eigenvalue weighted by atomic mass is 19.3. The standard InChI is InChI=1S/C10H10F2N2O2/c1-13-9(15)6-2-4-7(5-3-6)14-10(16)8(11)12/h2-5,8H,1H3,(H,13,15)(H,14,16). The molecule has 0 saturated heterocycles. The first kappa shape index (κ1) is 12.1. The minimum Gasteiger partial charge on any atom is -0.355 e. The maximum Gasteiger partial charge on any atom is 0.315 e. The molecule has 0 unspecified atom stereocenters. The largest absolute Gasteiger partial charge is 0.355 e. The Bertz CT molecular complexity index is 390. The lowest BCUT2D eigenvalue weighted by atomic mass is 10.2. The molecule has 0 atom stereocenters. The first-order chi connectivity index (χ1) is 7.54. The van der Waals surface area contributed by atoms with E-state index >= 15 is 0 Å². The third kappa shape index (κ3) is 3.01. The quantitative estimate of drug-likeness (QED) is 0.818. The van der Waals surface area contributed by atoms with Crippen molar-refractivity contribution in [1.82, 2.24) is 5.32 Å². The van der Waals surface area contributed by atoms with E-state index in [1.54, 1.807) is 0 Å². The van der Waals surface area contributed by atoms with Gasteiger partial charge in [-0.05, 0) is 24.3 Å². The zero-order valence-electron chi connectivity index (χ0n) is 8.46. The molecule has 0 spiro atoms. The third-order valence-electron chi connectivity index (χ3n) is 1.84. The van der Waals surface area contributed by atoms with Gasteiger partial charge in [-0.15, -0.1) is 0 Å². The van der Waals surface area contributed by atoms with Gasteiger partial charge < -0.3 is 10.6 Å². The van der Waals surface area contributed by atoms with Gasteiger partial charge in [0.05, 0.1) is 0 Å². The van der Waals surface area contributed by atoms with Crippen LogP contribution in [0.4, 0.5) is 14.5 Å². The molecule has 0 bridgehead atoms. The molecule has 0 aliphatic heterocycles. The van der Waals surface area contributed by atoms with Crippen LogP contribution in [0.1, 0.15) is 10.4 Å².